The molecule has 2 aromatic carbocycles. The van der Waals surface area contributed by atoms with Crippen molar-refractivity contribution in [3.63, 3.8) is 0 Å². The Bertz CT molecular complexity index is 1120. The maximum atomic E-state index is 13.8. The summed E-state index contributed by atoms with van der Waals surface area (Å²) in [5.74, 6) is -1.14. The van der Waals surface area contributed by atoms with E-state index in [0.29, 0.717) is 47.7 Å². The van der Waals surface area contributed by atoms with Gasteiger partial charge in [-0.25, -0.2) is 0 Å². The SMILES string of the molecule is COc1cccc(C(CC(=O)N2CCC(CCCCOc3ccc(C(=O)N(C)C)c(Cl)c3)CC2)C(F)(F)F)c1. The highest BCUT2D eigenvalue weighted by Gasteiger charge is 2.43. The Morgan fingerprint density at radius 1 is 1.08 bits per heavy atom. The first-order valence-electron chi connectivity index (χ1n) is 13.1. The molecule has 0 aliphatic carbocycles. The number of alkyl halides is 3. The molecule has 6 nitrogen and oxygen atoms in total. The number of rotatable bonds is 11. The van der Waals surface area contributed by atoms with Gasteiger partial charge in [-0.3, -0.25) is 9.59 Å². The van der Waals surface area contributed by atoms with Crippen molar-refractivity contribution in [2.75, 3.05) is 40.9 Å². The van der Waals surface area contributed by atoms with Crippen LogP contribution in [0, 0.1) is 5.92 Å². The first-order chi connectivity index (χ1) is 18.5. The third-order valence-corrected chi connectivity index (χ3v) is 7.40. The molecule has 214 valence electrons. The van der Waals surface area contributed by atoms with Crippen LogP contribution >= 0.6 is 11.6 Å². The Balaban J connectivity index is 1.40. The number of hydrogen-bond donors (Lipinski definition) is 0. The van der Waals surface area contributed by atoms with E-state index in [4.69, 9.17) is 21.1 Å². The molecule has 0 aromatic heterocycles. The Morgan fingerprint density at radius 3 is 2.41 bits per heavy atom. The van der Waals surface area contributed by atoms with Crippen LogP contribution in [0.4, 0.5) is 13.2 Å². The van der Waals surface area contributed by atoms with Gasteiger partial charge < -0.3 is 19.3 Å². The van der Waals surface area contributed by atoms with Crippen LogP contribution in [0.25, 0.3) is 0 Å². The van der Waals surface area contributed by atoms with Gasteiger partial charge in [0.1, 0.15) is 11.5 Å². The maximum Gasteiger partial charge on any atom is 0.396 e. The third kappa shape index (κ3) is 8.78. The number of amides is 2. The normalized spacial score (nSPS) is 15.1. The second kappa shape index (κ2) is 13.9. The highest BCUT2D eigenvalue weighted by molar-refractivity contribution is 6.34. The Hall–Kier alpha value is -2.94. The van der Waals surface area contributed by atoms with Gasteiger partial charge in [0.2, 0.25) is 5.91 Å². The van der Waals surface area contributed by atoms with E-state index in [1.807, 2.05) is 0 Å². The highest BCUT2D eigenvalue weighted by atomic mass is 35.5. The molecule has 0 bridgehead atoms. The predicted octanol–water partition coefficient (Wildman–Crippen LogP) is 6.57. The minimum absolute atomic E-state index is 0.0348. The minimum atomic E-state index is -4.53. The zero-order chi connectivity index (χ0) is 28.6. The van der Waals surface area contributed by atoms with Crippen LogP contribution in [-0.2, 0) is 4.79 Å². The summed E-state index contributed by atoms with van der Waals surface area (Å²) in [6.45, 7) is 1.45. The van der Waals surface area contributed by atoms with Crippen LogP contribution in [0.2, 0.25) is 5.02 Å². The van der Waals surface area contributed by atoms with Crippen molar-refractivity contribution in [1.82, 2.24) is 9.80 Å². The molecule has 39 heavy (non-hydrogen) atoms. The van der Waals surface area contributed by atoms with E-state index >= 15 is 0 Å². The van der Waals surface area contributed by atoms with Crippen LogP contribution in [0.1, 0.15) is 60.4 Å². The molecule has 1 unspecified atom stereocenters. The van der Waals surface area contributed by atoms with Gasteiger partial charge in [-0.15, -0.1) is 0 Å². The molecule has 1 aliphatic rings. The van der Waals surface area contributed by atoms with Crippen molar-refractivity contribution < 1.29 is 32.2 Å². The summed E-state index contributed by atoms with van der Waals surface area (Å²) in [5, 5.41) is 0.345. The fraction of sp³-hybridized carbons (Fsp3) is 0.517. The molecule has 1 atom stereocenters. The summed E-state index contributed by atoms with van der Waals surface area (Å²) in [7, 11) is 4.73. The highest BCUT2D eigenvalue weighted by Crippen LogP contribution is 2.39. The number of nitrogens with zero attached hydrogens (tertiary/aromatic N) is 2. The molecular formula is C29H36ClF3N2O4. The summed E-state index contributed by atoms with van der Waals surface area (Å²) in [6, 6.07) is 10.8. The van der Waals surface area contributed by atoms with Crippen LogP contribution in [-0.4, -0.2) is 68.7 Å². The summed E-state index contributed by atoms with van der Waals surface area (Å²) in [6.07, 6.45) is -0.832. The Morgan fingerprint density at radius 2 is 1.79 bits per heavy atom. The van der Waals surface area contributed by atoms with E-state index in [1.54, 1.807) is 43.3 Å². The summed E-state index contributed by atoms with van der Waals surface area (Å²) < 4.78 is 52.2. The molecule has 1 fully saturated rings. The smallest absolute Gasteiger partial charge is 0.396 e. The van der Waals surface area contributed by atoms with Crippen LogP contribution in [0.3, 0.4) is 0 Å². The van der Waals surface area contributed by atoms with Crippen LogP contribution < -0.4 is 9.47 Å². The first-order valence-corrected chi connectivity index (χ1v) is 13.5. The molecule has 10 heteroatoms. The third-order valence-electron chi connectivity index (χ3n) is 7.09. The zero-order valence-corrected chi connectivity index (χ0v) is 23.4. The second-order valence-electron chi connectivity index (χ2n) is 10.1. The molecule has 0 radical (unpaired) electrons. The van der Waals surface area contributed by atoms with Gasteiger partial charge in [-0.1, -0.05) is 30.2 Å². The standard InChI is InChI=1S/C29H36ClF3N2O4/c1-34(2)28(37)24-11-10-23(18-26(24)30)39-16-5-4-7-20-12-14-35(15-13-20)27(36)19-25(29(31,32)33)21-8-6-9-22(17-21)38-3/h6,8-11,17-18,20,25H,4-5,7,12-16,19H2,1-3H3. The van der Waals surface area contributed by atoms with Gasteiger partial charge >= 0.3 is 6.18 Å². The van der Waals surface area contributed by atoms with Gasteiger partial charge in [-0.2, -0.15) is 13.2 Å². The lowest BCUT2D eigenvalue weighted by Crippen LogP contribution is -2.40. The molecule has 3 rings (SSSR count). The van der Waals surface area contributed by atoms with Crippen molar-refractivity contribution >= 4 is 23.4 Å². The van der Waals surface area contributed by atoms with Crippen molar-refractivity contribution in [3.05, 3.63) is 58.6 Å². The summed E-state index contributed by atoms with van der Waals surface area (Å²) in [5.41, 5.74) is 0.459. The van der Waals surface area contributed by atoms with Crippen LogP contribution in [0.5, 0.6) is 11.5 Å². The molecule has 2 aromatic rings. The van der Waals surface area contributed by atoms with Crippen LogP contribution in [0.15, 0.2) is 42.5 Å². The number of piperidine rings is 1. The lowest BCUT2D eigenvalue weighted by Gasteiger charge is -2.33. The number of hydrogen-bond acceptors (Lipinski definition) is 4. The van der Waals surface area contributed by atoms with E-state index < -0.39 is 24.4 Å². The van der Waals surface area contributed by atoms with E-state index in [2.05, 4.69) is 0 Å². The maximum absolute atomic E-state index is 13.8. The van der Waals surface area contributed by atoms with Gasteiger partial charge in [0, 0.05) is 33.6 Å². The van der Waals surface area contributed by atoms with Crippen molar-refractivity contribution in [2.45, 2.75) is 50.6 Å². The molecule has 1 aliphatic heterocycles. The monoisotopic (exact) mass is 568 g/mol. The van der Waals surface area contributed by atoms with E-state index in [9.17, 15) is 22.8 Å². The molecule has 0 N–H and O–H groups in total. The van der Waals surface area contributed by atoms with Crippen molar-refractivity contribution in [1.29, 1.82) is 0 Å². The van der Waals surface area contributed by atoms with Crippen molar-refractivity contribution in [2.24, 2.45) is 5.92 Å². The minimum Gasteiger partial charge on any atom is -0.497 e. The number of carbonyl (C=O) groups excluding carboxylic acids is 2. The van der Waals surface area contributed by atoms with Gasteiger partial charge in [-0.05, 0) is 67.5 Å². The lowest BCUT2D eigenvalue weighted by molar-refractivity contribution is -0.161. The number of halogens is 4. The fourth-order valence-corrected chi connectivity index (χ4v) is 5.03. The summed E-state index contributed by atoms with van der Waals surface area (Å²) in [4.78, 5) is 27.9. The number of carbonyl (C=O) groups is 2. The molecule has 0 spiro atoms. The Labute approximate surface area is 233 Å². The molecule has 2 amide bonds. The van der Waals surface area contributed by atoms with E-state index in [-0.39, 0.29) is 11.5 Å². The average molecular weight is 569 g/mol. The van der Waals surface area contributed by atoms with Gasteiger partial charge in [0.05, 0.1) is 30.2 Å². The largest absolute Gasteiger partial charge is 0.497 e. The number of methoxy groups -OCH3 is 1. The topological polar surface area (TPSA) is 59.1 Å². The first kappa shape index (κ1) is 30.6. The average Bonchev–Trinajstić information content (AvgIpc) is 2.90. The number of benzene rings is 2. The van der Waals surface area contributed by atoms with E-state index in [1.165, 1.54) is 30.2 Å². The molecule has 1 saturated heterocycles. The number of likely N-dealkylation sites (tertiary alicyclic amines) is 1. The molecule has 0 saturated carbocycles. The van der Waals surface area contributed by atoms with Crippen molar-refractivity contribution in [3.8, 4) is 11.5 Å². The summed E-state index contributed by atoms with van der Waals surface area (Å²) >= 11 is 6.22. The fourth-order valence-electron chi connectivity index (χ4n) is 4.78. The predicted molar refractivity (Wildman–Crippen MR) is 145 cm³/mol. The second-order valence-corrected chi connectivity index (χ2v) is 10.5. The quantitative estimate of drug-likeness (QED) is 0.288. The molecule has 1 heterocycles. The zero-order valence-electron chi connectivity index (χ0n) is 22.6. The lowest BCUT2D eigenvalue weighted by atomic mass is 9.90. The van der Waals surface area contributed by atoms with Gasteiger partial charge in [0.25, 0.3) is 5.91 Å². The Kier molecular flexibility index (Phi) is 10.9. The number of ether oxygens (including phenoxy) is 2. The van der Waals surface area contributed by atoms with Gasteiger partial charge in [0.15, 0.2) is 0 Å². The molecular weight excluding hydrogens is 533 g/mol. The van der Waals surface area contributed by atoms with E-state index in [0.717, 1.165) is 32.1 Å². The number of unbranched alkanes of at least 4 members (excludes halogenated alkanes) is 1.